The van der Waals surface area contributed by atoms with Gasteiger partial charge in [-0.2, -0.15) is 0 Å². The number of fused-ring (bicyclic) bond motifs is 1. The van der Waals surface area contributed by atoms with Crippen LogP contribution in [0.25, 0.3) is 0 Å². The molecule has 4 heteroatoms. The van der Waals surface area contributed by atoms with Gasteiger partial charge in [-0.15, -0.1) is 0 Å². The summed E-state index contributed by atoms with van der Waals surface area (Å²) in [6.07, 6.45) is 1.67. The number of hydrogen-bond donors (Lipinski definition) is 3. The van der Waals surface area contributed by atoms with Crippen molar-refractivity contribution in [2.45, 2.75) is 32.0 Å². The van der Waals surface area contributed by atoms with Crippen molar-refractivity contribution in [3.8, 4) is 5.75 Å². The predicted octanol–water partition coefficient (Wildman–Crippen LogP) is 0.253. The van der Waals surface area contributed by atoms with E-state index < -0.39 is 0 Å². The molecule has 0 saturated carbocycles. The highest BCUT2D eigenvalue weighted by Crippen LogP contribution is 2.42. The number of aromatic hydroxyl groups is 1. The maximum Gasteiger partial charge on any atom is 0.225 e. The highest BCUT2D eigenvalue weighted by Gasteiger charge is 2.54. The summed E-state index contributed by atoms with van der Waals surface area (Å²) >= 11 is 0. The number of hydrogen-bond acceptors (Lipinski definition) is 2. The second kappa shape index (κ2) is 3.47. The summed E-state index contributed by atoms with van der Waals surface area (Å²) in [5, 5.41) is 15.0. The number of para-hydroxylation sites is 1. The molecule has 0 spiro atoms. The van der Waals surface area contributed by atoms with Crippen molar-refractivity contribution in [3.63, 3.8) is 0 Å². The highest BCUT2D eigenvalue weighted by molar-refractivity contribution is 5.79. The van der Waals surface area contributed by atoms with Crippen LogP contribution >= 0.6 is 0 Å². The molecule has 1 aromatic carbocycles. The molecule has 0 bridgehead atoms. The van der Waals surface area contributed by atoms with Crippen LogP contribution < -0.4 is 10.6 Å². The summed E-state index contributed by atoms with van der Waals surface area (Å²) in [6.45, 7) is 2.14. The van der Waals surface area contributed by atoms with Gasteiger partial charge in [-0.3, -0.25) is 4.79 Å². The van der Waals surface area contributed by atoms with Crippen LogP contribution in [0.5, 0.6) is 5.75 Å². The summed E-state index contributed by atoms with van der Waals surface area (Å²) < 4.78 is 0. The minimum atomic E-state index is 0.0179. The maximum absolute atomic E-state index is 11.4. The number of benzene rings is 1. The summed E-state index contributed by atoms with van der Waals surface area (Å²) in [5.74, 6) is 0.494. The lowest BCUT2D eigenvalue weighted by atomic mass is 9.83. The van der Waals surface area contributed by atoms with Crippen LogP contribution in [-0.2, 0) is 4.79 Å². The Hall–Kier alpha value is -1.55. The van der Waals surface area contributed by atoms with Crippen LogP contribution in [0.15, 0.2) is 24.3 Å². The predicted molar refractivity (Wildman–Crippen MR) is 62.0 cm³/mol. The fourth-order valence-corrected chi connectivity index (χ4v) is 3.17. The standard InChI is InChI=1S/C13H16N2O2/c1-13-6-9(8-4-2-3-5-10(8)16)14-12(13)15-11(17)7-13/h2-5,9,12,14,16H,6-7H2,1H3,(H,15,17)/p+1/t9-,12+,13-/m0/s1. The molecule has 2 saturated heterocycles. The van der Waals surface area contributed by atoms with E-state index in [0.717, 1.165) is 12.0 Å². The second-order valence-electron chi connectivity index (χ2n) is 5.44. The van der Waals surface area contributed by atoms with Crippen LogP contribution in [-0.4, -0.2) is 17.2 Å². The third kappa shape index (κ3) is 1.60. The van der Waals surface area contributed by atoms with Crippen LogP contribution in [0, 0.1) is 5.41 Å². The topological polar surface area (TPSA) is 65.9 Å². The van der Waals surface area contributed by atoms with E-state index in [1.807, 2.05) is 18.2 Å². The van der Waals surface area contributed by atoms with E-state index in [1.165, 1.54) is 0 Å². The SMILES string of the molecule is C[C@]12CC(=O)N[C@H]1[NH2+][C@H](c1ccccc1O)C2. The molecule has 2 heterocycles. The van der Waals surface area contributed by atoms with Crippen LogP contribution in [0.4, 0.5) is 0 Å². The summed E-state index contributed by atoms with van der Waals surface area (Å²) in [6, 6.07) is 7.70. The number of rotatable bonds is 1. The van der Waals surface area contributed by atoms with Gasteiger partial charge in [-0.25, -0.2) is 0 Å². The monoisotopic (exact) mass is 233 g/mol. The molecule has 17 heavy (non-hydrogen) atoms. The van der Waals surface area contributed by atoms with Crippen molar-refractivity contribution in [3.05, 3.63) is 29.8 Å². The molecule has 90 valence electrons. The first-order valence-electron chi connectivity index (χ1n) is 6.01. The Labute approximate surface area is 100 Å². The summed E-state index contributed by atoms with van der Waals surface area (Å²) in [4.78, 5) is 11.4. The van der Waals surface area contributed by atoms with Gasteiger partial charge in [0.1, 0.15) is 11.8 Å². The molecule has 1 aromatic rings. The Bertz CT molecular complexity index is 474. The minimum Gasteiger partial charge on any atom is -0.507 e. The van der Waals surface area contributed by atoms with E-state index in [0.29, 0.717) is 12.2 Å². The molecule has 4 nitrogen and oxygen atoms in total. The average Bonchev–Trinajstić information content (AvgIpc) is 2.68. The maximum atomic E-state index is 11.4. The first kappa shape index (κ1) is 10.6. The second-order valence-corrected chi connectivity index (χ2v) is 5.44. The van der Waals surface area contributed by atoms with E-state index in [9.17, 15) is 9.90 Å². The van der Waals surface area contributed by atoms with Gasteiger partial charge >= 0.3 is 0 Å². The summed E-state index contributed by atoms with van der Waals surface area (Å²) in [5.41, 5.74) is 0.988. The van der Waals surface area contributed by atoms with Gasteiger partial charge in [0.2, 0.25) is 5.91 Å². The number of carbonyl (C=O) groups is 1. The number of nitrogens with two attached hydrogens (primary N) is 1. The van der Waals surface area contributed by atoms with E-state index in [-0.39, 0.29) is 23.5 Å². The van der Waals surface area contributed by atoms with Gasteiger partial charge in [0.05, 0.1) is 11.0 Å². The quantitative estimate of drug-likeness (QED) is 0.651. The van der Waals surface area contributed by atoms with E-state index in [4.69, 9.17) is 0 Å². The fraction of sp³-hybridized carbons (Fsp3) is 0.462. The van der Waals surface area contributed by atoms with Gasteiger partial charge < -0.3 is 15.7 Å². The van der Waals surface area contributed by atoms with Crippen molar-refractivity contribution in [1.82, 2.24) is 5.32 Å². The van der Waals surface area contributed by atoms with Gasteiger partial charge in [0, 0.05) is 12.8 Å². The van der Waals surface area contributed by atoms with Gasteiger partial charge in [-0.05, 0) is 12.1 Å². The van der Waals surface area contributed by atoms with Crippen LogP contribution in [0.3, 0.4) is 0 Å². The van der Waals surface area contributed by atoms with Crippen molar-refractivity contribution in [2.75, 3.05) is 0 Å². The molecule has 4 N–H and O–H groups in total. The Balaban J connectivity index is 1.87. The molecule has 2 aliphatic rings. The van der Waals surface area contributed by atoms with E-state index >= 15 is 0 Å². The lowest BCUT2D eigenvalue weighted by molar-refractivity contribution is -0.714. The number of amides is 1. The van der Waals surface area contributed by atoms with Crippen LogP contribution in [0.2, 0.25) is 0 Å². The Morgan fingerprint density at radius 3 is 2.94 bits per heavy atom. The average molecular weight is 233 g/mol. The molecule has 3 rings (SSSR count). The zero-order chi connectivity index (χ0) is 12.0. The highest BCUT2D eigenvalue weighted by atomic mass is 16.3. The van der Waals surface area contributed by atoms with E-state index in [1.54, 1.807) is 6.07 Å². The number of phenolic OH excluding ortho intramolecular Hbond substituents is 1. The Morgan fingerprint density at radius 2 is 2.24 bits per heavy atom. The number of carbonyl (C=O) groups excluding carboxylic acids is 1. The lowest BCUT2D eigenvalue weighted by Crippen LogP contribution is -2.91. The normalized spacial score (nSPS) is 35.7. The van der Waals surface area contributed by atoms with Crippen LogP contribution in [0.1, 0.15) is 31.4 Å². The molecule has 2 fully saturated rings. The smallest absolute Gasteiger partial charge is 0.225 e. The third-order valence-electron chi connectivity index (χ3n) is 4.08. The zero-order valence-corrected chi connectivity index (χ0v) is 9.81. The van der Waals surface area contributed by atoms with Crippen molar-refractivity contribution >= 4 is 5.91 Å². The largest absolute Gasteiger partial charge is 0.507 e. The molecule has 1 amide bonds. The molecular weight excluding hydrogens is 216 g/mol. The first-order chi connectivity index (χ1) is 8.08. The van der Waals surface area contributed by atoms with Crippen molar-refractivity contribution < 1.29 is 15.2 Å². The third-order valence-corrected chi connectivity index (χ3v) is 4.08. The Morgan fingerprint density at radius 1 is 1.47 bits per heavy atom. The fourth-order valence-electron chi connectivity index (χ4n) is 3.17. The van der Waals surface area contributed by atoms with E-state index in [2.05, 4.69) is 17.6 Å². The Kier molecular flexibility index (Phi) is 2.16. The number of phenols is 1. The molecule has 0 aromatic heterocycles. The summed E-state index contributed by atoms with van der Waals surface area (Å²) in [7, 11) is 0. The molecule has 0 radical (unpaired) electrons. The number of nitrogens with one attached hydrogen (secondary N) is 1. The lowest BCUT2D eigenvalue weighted by Gasteiger charge is -2.15. The minimum absolute atomic E-state index is 0.0179. The molecule has 2 aliphatic heterocycles. The van der Waals surface area contributed by atoms with Gasteiger partial charge in [0.15, 0.2) is 6.17 Å². The van der Waals surface area contributed by atoms with Crippen molar-refractivity contribution in [1.29, 1.82) is 0 Å². The van der Waals surface area contributed by atoms with Gasteiger partial charge in [-0.1, -0.05) is 19.1 Å². The van der Waals surface area contributed by atoms with Gasteiger partial charge in [0.25, 0.3) is 0 Å². The molecule has 0 unspecified atom stereocenters. The first-order valence-corrected chi connectivity index (χ1v) is 6.01. The zero-order valence-electron chi connectivity index (χ0n) is 9.81. The van der Waals surface area contributed by atoms with Crippen molar-refractivity contribution in [2.24, 2.45) is 5.41 Å². The molecule has 0 aliphatic carbocycles. The molecular formula is C13H17N2O2+. The number of quaternary nitrogens is 1. The molecule has 3 atom stereocenters.